The standard InChI is InChI=1S/C13H19N3O/c14-11-1-3-12(4-2-11)16-6-5-15-7-8-17-10-13(15)9-16/h1-4,13H,5-10,14H2. The van der Waals surface area contributed by atoms with E-state index in [1.54, 1.807) is 0 Å². The number of nitrogen functional groups attached to an aromatic ring is 1. The second-order valence-electron chi connectivity index (χ2n) is 4.80. The zero-order valence-electron chi connectivity index (χ0n) is 10.0. The van der Waals surface area contributed by atoms with E-state index in [-0.39, 0.29) is 0 Å². The minimum absolute atomic E-state index is 0.551. The Morgan fingerprint density at radius 2 is 1.94 bits per heavy atom. The molecule has 4 heteroatoms. The summed E-state index contributed by atoms with van der Waals surface area (Å²) in [5.74, 6) is 0. The molecular weight excluding hydrogens is 214 g/mol. The molecule has 0 bridgehead atoms. The Balaban J connectivity index is 1.71. The molecule has 0 amide bonds. The van der Waals surface area contributed by atoms with Gasteiger partial charge in [-0.25, -0.2) is 0 Å². The highest BCUT2D eigenvalue weighted by molar-refractivity contribution is 5.53. The summed E-state index contributed by atoms with van der Waals surface area (Å²) in [5, 5.41) is 0. The third kappa shape index (κ3) is 2.23. The van der Waals surface area contributed by atoms with Crippen LogP contribution in [0.2, 0.25) is 0 Å². The van der Waals surface area contributed by atoms with E-state index in [1.807, 2.05) is 12.1 Å². The second kappa shape index (κ2) is 4.55. The lowest BCUT2D eigenvalue weighted by Crippen LogP contribution is -2.58. The lowest BCUT2D eigenvalue weighted by molar-refractivity contribution is -0.0116. The van der Waals surface area contributed by atoms with E-state index in [1.165, 1.54) is 5.69 Å². The number of rotatable bonds is 1. The van der Waals surface area contributed by atoms with Crippen LogP contribution in [-0.4, -0.2) is 50.3 Å². The van der Waals surface area contributed by atoms with Crippen molar-refractivity contribution in [2.75, 3.05) is 50.0 Å². The summed E-state index contributed by atoms with van der Waals surface area (Å²) in [6.07, 6.45) is 0. The van der Waals surface area contributed by atoms with Crippen LogP contribution in [0.5, 0.6) is 0 Å². The Morgan fingerprint density at radius 3 is 2.76 bits per heavy atom. The van der Waals surface area contributed by atoms with Crippen molar-refractivity contribution in [1.29, 1.82) is 0 Å². The van der Waals surface area contributed by atoms with Gasteiger partial charge in [-0.2, -0.15) is 0 Å². The molecule has 0 aromatic heterocycles. The first-order chi connectivity index (χ1) is 8.33. The number of anilines is 2. The van der Waals surface area contributed by atoms with Crippen LogP contribution in [0.25, 0.3) is 0 Å². The number of piperazine rings is 1. The number of fused-ring (bicyclic) bond motifs is 1. The molecule has 2 aliphatic rings. The van der Waals surface area contributed by atoms with Gasteiger partial charge >= 0.3 is 0 Å². The highest BCUT2D eigenvalue weighted by Gasteiger charge is 2.29. The summed E-state index contributed by atoms with van der Waals surface area (Å²) in [5.41, 5.74) is 7.81. The Hall–Kier alpha value is -1.26. The molecule has 2 aliphatic heterocycles. The van der Waals surface area contributed by atoms with E-state index in [0.29, 0.717) is 6.04 Å². The highest BCUT2D eigenvalue weighted by atomic mass is 16.5. The number of ether oxygens (including phenoxy) is 1. The lowest BCUT2D eigenvalue weighted by Gasteiger charge is -2.44. The molecule has 92 valence electrons. The monoisotopic (exact) mass is 233 g/mol. The molecule has 1 aromatic rings. The zero-order valence-corrected chi connectivity index (χ0v) is 10.0. The molecule has 2 heterocycles. The fourth-order valence-corrected chi connectivity index (χ4v) is 2.67. The first-order valence-electron chi connectivity index (χ1n) is 6.25. The summed E-state index contributed by atoms with van der Waals surface area (Å²) in [7, 11) is 0. The van der Waals surface area contributed by atoms with Gasteiger partial charge in [0.25, 0.3) is 0 Å². The van der Waals surface area contributed by atoms with E-state index in [4.69, 9.17) is 10.5 Å². The van der Waals surface area contributed by atoms with E-state index in [2.05, 4.69) is 21.9 Å². The average Bonchev–Trinajstić information content (AvgIpc) is 2.39. The van der Waals surface area contributed by atoms with Gasteiger partial charge in [0.1, 0.15) is 0 Å². The smallest absolute Gasteiger partial charge is 0.0639 e. The van der Waals surface area contributed by atoms with Crippen molar-refractivity contribution in [2.45, 2.75) is 6.04 Å². The Labute approximate surface area is 102 Å². The number of hydrogen-bond donors (Lipinski definition) is 1. The number of nitrogens with zero attached hydrogens (tertiary/aromatic N) is 2. The average molecular weight is 233 g/mol. The minimum Gasteiger partial charge on any atom is -0.399 e. The lowest BCUT2D eigenvalue weighted by atomic mass is 10.1. The second-order valence-corrected chi connectivity index (χ2v) is 4.80. The Kier molecular flexibility index (Phi) is 2.91. The van der Waals surface area contributed by atoms with Crippen molar-refractivity contribution in [3.63, 3.8) is 0 Å². The summed E-state index contributed by atoms with van der Waals surface area (Å²) >= 11 is 0. The fraction of sp³-hybridized carbons (Fsp3) is 0.538. The van der Waals surface area contributed by atoms with E-state index in [9.17, 15) is 0 Å². The predicted molar refractivity (Wildman–Crippen MR) is 69.2 cm³/mol. The third-order valence-corrected chi connectivity index (χ3v) is 3.70. The third-order valence-electron chi connectivity index (χ3n) is 3.70. The minimum atomic E-state index is 0.551. The van der Waals surface area contributed by atoms with Crippen LogP contribution in [0.15, 0.2) is 24.3 Å². The quantitative estimate of drug-likeness (QED) is 0.728. The molecule has 0 radical (unpaired) electrons. The van der Waals surface area contributed by atoms with Crippen molar-refractivity contribution in [3.8, 4) is 0 Å². The molecule has 1 aromatic carbocycles. The maximum atomic E-state index is 5.72. The van der Waals surface area contributed by atoms with Crippen LogP contribution in [0.1, 0.15) is 0 Å². The number of benzene rings is 1. The molecule has 2 N–H and O–H groups in total. The molecule has 1 unspecified atom stereocenters. The van der Waals surface area contributed by atoms with Crippen LogP contribution in [-0.2, 0) is 4.74 Å². The predicted octanol–water partition coefficient (Wildman–Crippen LogP) is 0.790. The SMILES string of the molecule is Nc1ccc(N2CCN3CCOCC3C2)cc1. The van der Waals surface area contributed by atoms with Crippen molar-refractivity contribution < 1.29 is 4.74 Å². The van der Waals surface area contributed by atoms with Gasteiger partial charge in [0.2, 0.25) is 0 Å². The summed E-state index contributed by atoms with van der Waals surface area (Å²) in [6.45, 7) is 6.13. The van der Waals surface area contributed by atoms with Crippen LogP contribution >= 0.6 is 0 Å². The van der Waals surface area contributed by atoms with Gasteiger partial charge in [0.05, 0.1) is 19.3 Å². The number of hydrogen-bond acceptors (Lipinski definition) is 4. The first kappa shape index (κ1) is 10.9. The van der Waals surface area contributed by atoms with E-state index in [0.717, 1.165) is 45.1 Å². The molecule has 4 nitrogen and oxygen atoms in total. The van der Waals surface area contributed by atoms with Crippen molar-refractivity contribution in [2.24, 2.45) is 0 Å². The summed E-state index contributed by atoms with van der Waals surface area (Å²) < 4.78 is 5.55. The fourth-order valence-electron chi connectivity index (χ4n) is 2.67. The van der Waals surface area contributed by atoms with Gasteiger partial charge in [0.15, 0.2) is 0 Å². The number of nitrogens with two attached hydrogens (primary N) is 1. The Bertz CT molecular complexity index is 379. The molecule has 2 saturated heterocycles. The van der Waals surface area contributed by atoms with Crippen LogP contribution in [0.4, 0.5) is 11.4 Å². The molecular formula is C13H19N3O. The van der Waals surface area contributed by atoms with Crippen molar-refractivity contribution in [3.05, 3.63) is 24.3 Å². The van der Waals surface area contributed by atoms with Gasteiger partial charge in [-0.3, -0.25) is 4.90 Å². The number of morpholine rings is 1. The van der Waals surface area contributed by atoms with Gasteiger partial charge in [-0.15, -0.1) is 0 Å². The Morgan fingerprint density at radius 1 is 1.12 bits per heavy atom. The maximum Gasteiger partial charge on any atom is 0.0639 e. The zero-order chi connectivity index (χ0) is 11.7. The topological polar surface area (TPSA) is 41.7 Å². The molecule has 17 heavy (non-hydrogen) atoms. The molecule has 1 atom stereocenters. The van der Waals surface area contributed by atoms with Crippen molar-refractivity contribution in [1.82, 2.24) is 4.90 Å². The van der Waals surface area contributed by atoms with Crippen LogP contribution in [0.3, 0.4) is 0 Å². The maximum absolute atomic E-state index is 5.72. The largest absolute Gasteiger partial charge is 0.399 e. The molecule has 0 saturated carbocycles. The first-order valence-corrected chi connectivity index (χ1v) is 6.25. The summed E-state index contributed by atoms with van der Waals surface area (Å²) in [6, 6.07) is 8.71. The normalized spacial score (nSPS) is 25.6. The van der Waals surface area contributed by atoms with Gasteiger partial charge in [0, 0.05) is 37.6 Å². The van der Waals surface area contributed by atoms with E-state index < -0.39 is 0 Å². The molecule has 0 aliphatic carbocycles. The summed E-state index contributed by atoms with van der Waals surface area (Å²) in [4.78, 5) is 4.96. The van der Waals surface area contributed by atoms with Gasteiger partial charge in [-0.1, -0.05) is 0 Å². The highest BCUT2D eigenvalue weighted by Crippen LogP contribution is 2.21. The molecule has 3 rings (SSSR count). The van der Waals surface area contributed by atoms with Gasteiger partial charge in [-0.05, 0) is 24.3 Å². The molecule has 2 fully saturated rings. The van der Waals surface area contributed by atoms with Crippen LogP contribution < -0.4 is 10.6 Å². The van der Waals surface area contributed by atoms with Gasteiger partial charge < -0.3 is 15.4 Å². The van der Waals surface area contributed by atoms with E-state index >= 15 is 0 Å². The van der Waals surface area contributed by atoms with Crippen molar-refractivity contribution >= 4 is 11.4 Å². The molecule has 0 spiro atoms. The van der Waals surface area contributed by atoms with Crippen LogP contribution in [0, 0.1) is 0 Å².